The standard InChI is InChI=1S/C14H13BrO2/c1-17-13-7-5-10(6-8-13)14(16)11-3-2-4-12(15)9-11/h2-9,14,16H,1H3. The van der Waals surface area contributed by atoms with Gasteiger partial charge in [0.25, 0.3) is 0 Å². The first-order valence-electron chi connectivity index (χ1n) is 5.28. The zero-order valence-corrected chi connectivity index (χ0v) is 11.0. The monoisotopic (exact) mass is 292 g/mol. The molecule has 0 aliphatic rings. The van der Waals surface area contributed by atoms with Crippen LogP contribution in [0.25, 0.3) is 0 Å². The van der Waals surface area contributed by atoms with Crippen LogP contribution in [0.5, 0.6) is 5.75 Å². The highest BCUT2D eigenvalue weighted by Gasteiger charge is 2.10. The van der Waals surface area contributed by atoms with Crippen LogP contribution < -0.4 is 4.74 Å². The largest absolute Gasteiger partial charge is 0.497 e. The minimum absolute atomic E-state index is 0.613. The first kappa shape index (κ1) is 12.1. The van der Waals surface area contributed by atoms with Gasteiger partial charge in [-0.1, -0.05) is 40.2 Å². The Bertz CT molecular complexity index is 494. The van der Waals surface area contributed by atoms with E-state index in [2.05, 4.69) is 15.9 Å². The summed E-state index contributed by atoms with van der Waals surface area (Å²) in [6, 6.07) is 15.1. The Morgan fingerprint density at radius 1 is 1.06 bits per heavy atom. The van der Waals surface area contributed by atoms with Crippen LogP contribution in [0.3, 0.4) is 0 Å². The number of hydrogen-bond donors (Lipinski definition) is 1. The van der Waals surface area contributed by atoms with E-state index < -0.39 is 6.10 Å². The van der Waals surface area contributed by atoms with E-state index in [1.807, 2.05) is 48.5 Å². The first-order chi connectivity index (χ1) is 8.20. The molecule has 0 aliphatic carbocycles. The molecule has 0 aliphatic heterocycles. The topological polar surface area (TPSA) is 29.5 Å². The second-order valence-electron chi connectivity index (χ2n) is 3.73. The predicted octanol–water partition coefficient (Wildman–Crippen LogP) is 3.54. The maximum Gasteiger partial charge on any atom is 0.118 e. The van der Waals surface area contributed by atoms with Gasteiger partial charge in [0.15, 0.2) is 0 Å². The Morgan fingerprint density at radius 3 is 2.35 bits per heavy atom. The van der Waals surface area contributed by atoms with E-state index in [0.29, 0.717) is 0 Å². The average Bonchev–Trinajstić information content (AvgIpc) is 2.38. The van der Waals surface area contributed by atoms with Gasteiger partial charge in [-0.3, -0.25) is 0 Å². The highest BCUT2D eigenvalue weighted by molar-refractivity contribution is 9.10. The summed E-state index contributed by atoms with van der Waals surface area (Å²) in [5, 5.41) is 10.2. The van der Waals surface area contributed by atoms with Gasteiger partial charge < -0.3 is 9.84 Å². The zero-order chi connectivity index (χ0) is 12.3. The van der Waals surface area contributed by atoms with Crippen molar-refractivity contribution in [2.24, 2.45) is 0 Å². The second-order valence-corrected chi connectivity index (χ2v) is 4.65. The molecule has 0 amide bonds. The number of ether oxygens (including phenoxy) is 1. The molecule has 1 atom stereocenters. The fourth-order valence-corrected chi connectivity index (χ4v) is 2.07. The average molecular weight is 293 g/mol. The second kappa shape index (κ2) is 5.34. The summed E-state index contributed by atoms with van der Waals surface area (Å²) in [5.74, 6) is 0.787. The number of rotatable bonds is 3. The molecule has 0 heterocycles. The van der Waals surface area contributed by atoms with Crippen molar-refractivity contribution in [1.29, 1.82) is 0 Å². The number of hydrogen-bond acceptors (Lipinski definition) is 2. The van der Waals surface area contributed by atoms with Crippen LogP contribution in [0.1, 0.15) is 17.2 Å². The third kappa shape index (κ3) is 2.87. The van der Waals surface area contributed by atoms with Gasteiger partial charge in [-0.2, -0.15) is 0 Å². The lowest BCUT2D eigenvalue weighted by Gasteiger charge is -2.12. The molecule has 0 aromatic heterocycles. The van der Waals surface area contributed by atoms with Crippen molar-refractivity contribution in [3.63, 3.8) is 0 Å². The van der Waals surface area contributed by atoms with Gasteiger partial charge in [0, 0.05) is 4.47 Å². The summed E-state index contributed by atoms with van der Waals surface area (Å²) >= 11 is 3.39. The lowest BCUT2D eigenvalue weighted by atomic mass is 10.0. The van der Waals surface area contributed by atoms with Gasteiger partial charge in [-0.25, -0.2) is 0 Å². The van der Waals surface area contributed by atoms with Crippen LogP contribution in [0, 0.1) is 0 Å². The van der Waals surface area contributed by atoms with Gasteiger partial charge in [0.05, 0.1) is 7.11 Å². The Balaban J connectivity index is 2.27. The number of methoxy groups -OCH3 is 1. The molecule has 2 aromatic carbocycles. The summed E-state index contributed by atoms with van der Waals surface area (Å²) in [4.78, 5) is 0. The number of halogens is 1. The number of benzene rings is 2. The quantitative estimate of drug-likeness (QED) is 0.938. The maximum absolute atomic E-state index is 10.2. The fourth-order valence-electron chi connectivity index (χ4n) is 1.66. The smallest absolute Gasteiger partial charge is 0.118 e. The third-order valence-electron chi connectivity index (χ3n) is 2.60. The zero-order valence-electron chi connectivity index (χ0n) is 9.43. The number of aliphatic hydroxyl groups excluding tert-OH is 1. The highest BCUT2D eigenvalue weighted by atomic mass is 79.9. The Morgan fingerprint density at radius 2 is 1.76 bits per heavy atom. The molecule has 0 saturated carbocycles. The molecular formula is C14H13BrO2. The third-order valence-corrected chi connectivity index (χ3v) is 3.09. The molecule has 2 aromatic rings. The van der Waals surface area contributed by atoms with Gasteiger partial charge in [-0.05, 0) is 35.4 Å². The molecule has 0 spiro atoms. The minimum atomic E-state index is -0.613. The van der Waals surface area contributed by atoms with Crippen molar-refractivity contribution in [2.75, 3.05) is 7.11 Å². The van der Waals surface area contributed by atoms with Gasteiger partial charge in [0.2, 0.25) is 0 Å². The first-order valence-corrected chi connectivity index (χ1v) is 6.07. The van der Waals surface area contributed by atoms with Gasteiger partial charge in [-0.15, -0.1) is 0 Å². The van der Waals surface area contributed by atoms with Crippen molar-refractivity contribution in [2.45, 2.75) is 6.10 Å². The molecule has 2 rings (SSSR count). The predicted molar refractivity (Wildman–Crippen MR) is 71.2 cm³/mol. The van der Waals surface area contributed by atoms with Gasteiger partial charge >= 0.3 is 0 Å². The minimum Gasteiger partial charge on any atom is -0.497 e. The van der Waals surface area contributed by atoms with Crippen molar-refractivity contribution >= 4 is 15.9 Å². The molecule has 17 heavy (non-hydrogen) atoms. The summed E-state index contributed by atoms with van der Waals surface area (Å²) in [6.45, 7) is 0. The molecule has 0 radical (unpaired) electrons. The van der Waals surface area contributed by atoms with Crippen LogP contribution in [-0.2, 0) is 0 Å². The molecule has 0 saturated heterocycles. The molecule has 2 nitrogen and oxygen atoms in total. The summed E-state index contributed by atoms with van der Waals surface area (Å²) in [6.07, 6.45) is -0.613. The van der Waals surface area contributed by atoms with Crippen LogP contribution in [-0.4, -0.2) is 12.2 Å². The van der Waals surface area contributed by atoms with E-state index in [-0.39, 0.29) is 0 Å². The SMILES string of the molecule is COc1ccc(C(O)c2cccc(Br)c2)cc1. The molecule has 0 bridgehead atoms. The van der Waals surface area contributed by atoms with Crippen molar-refractivity contribution in [3.8, 4) is 5.75 Å². The lowest BCUT2D eigenvalue weighted by Crippen LogP contribution is -1.99. The van der Waals surface area contributed by atoms with Crippen molar-refractivity contribution in [3.05, 3.63) is 64.1 Å². The number of aliphatic hydroxyl groups is 1. The molecule has 1 N–H and O–H groups in total. The Kier molecular flexibility index (Phi) is 3.82. The van der Waals surface area contributed by atoms with Gasteiger partial charge in [0.1, 0.15) is 11.9 Å². The normalized spacial score (nSPS) is 12.2. The van der Waals surface area contributed by atoms with Crippen molar-refractivity contribution < 1.29 is 9.84 Å². The van der Waals surface area contributed by atoms with E-state index in [1.165, 1.54) is 0 Å². The fraction of sp³-hybridized carbons (Fsp3) is 0.143. The van der Waals surface area contributed by atoms with Crippen LogP contribution in [0.15, 0.2) is 53.0 Å². The lowest BCUT2D eigenvalue weighted by molar-refractivity contribution is 0.220. The molecule has 88 valence electrons. The summed E-state index contributed by atoms with van der Waals surface area (Å²) in [7, 11) is 1.62. The van der Waals surface area contributed by atoms with E-state index >= 15 is 0 Å². The van der Waals surface area contributed by atoms with E-state index in [4.69, 9.17) is 4.74 Å². The maximum atomic E-state index is 10.2. The van der Waals surface area contributed by atoms with Crippen LogP contribution >= 0.6 is 15.9 Å². The summed E-state index contributed by atoms with van der Waals surface area (Å²) < 4.78 is 6.05. The van der Waals surface area contributed by atoms with E-state index in [1.54, 1.807) is 7.11 Å². The molecule has 1 unspecified atom stereocenters. The molecule has 3 heteroatoms. The Hall–Kier alpha value is -1.32. The summed E-state index contributed by atoms with van der Waals surface area (Å²) in [5.41, 5.74) is 1.72. The van der Waals surface area contributed by atoms with E-state index in [0.717, 1.165) is 21.3 Å². The van der Waals surface area contributed by atoms with E-state index in [9.17, 15) is 5.11 Å². The van der Waals surface area contributed by atoms with Crippen molar-refractivity contribution in [1.82, 2.24) is 0 Å². The Labute approximate surface area is 109 Å². The molecule has 0 fully saturated rings. The van der Waals surface area contributed by atoms with Crippen LogP contribution in [0.4, 0.5) is 0 Å². The van der Waals surface area contributed by atoms with Crippen LogP contribution in [0.2, 0.25) is 0 Å². The molecular weight excluding hydrogens is 280 g/mol. The highest BCUT2D eigenvalue weighted by Crippen LogP contribution is 2.25.